The van der Waals surface area contributed by atoms with Gasteiger partial charge in [0.05, 0.1) is 24.2 Å². The van der Waals surface area contributed by atoms with Crippen LogP contribution < -0.4 is 10.1 Å². The van der Waals surface area contributed by atoms with E-state index in [9.17, 15) is 4.79 Å². The third-order valence-electron chi connectivity index (χ3n) is 3.79. The Balaban J connectivity index is 1.67. The van der Waals surface area contributed by atoms with Gasteiger partial charge in [-0.05, 0) is 24.6 Å². The minimum Gasteiger partial charge on any atom is -0.453 e. The van der Waals surface area contributed by atoms with E-state index < -0.39 is 0 Å². The zero-order chi connectivity index (χ0) is 18.6. The molecule has 0 unspecified atom stereocenters. The van der Waals surface area contributed by atoms with Crippen LogP contribution >= 0.6 is 0 Å². The lowest BCUT2D eigenvalue weighted by atomic mass is 10.2. The molecule has 1 N–H and O–H groups in total. The zero-order valence-electron chi connectivity index (χ0n) is 14.4. The highest BCUT2D eigenvalue weighted by molar-refractivity contribution is 6.08. The van der Waals surface area contributed by atoms with E-state index in [-0.39, 0.29) is 5.91 Å². The number of carbonyl (C=O) groups excluding carboxylic acids is 1. The van der Waals surface area contributed by atoms with Crippen LogP contribution in [-0.4, -0.2) is 35.5 Å². The van der Waals surface area contributed by atoms with Gasteiger partial charge in [-0.1, -0.05) is 13.0 Å². The molecule has 0 saturated heterocycles. The van der Waals surface area contributed by atoms with Crippen molar-refractivity contribution < 1.29 is 9.53 Å². The van der Waals surface area contributed by atoms with E-state index in [4.69, 9.17) is 4.74 Å². The summed E-state index contributed by atoms with van der Waals surface area (Å²) in [5.41, 5.74) is 1.61. The van der Waals surface area contributed by atoms with Crippen molar-refractivity contribution in [1.82, 2.24) is 29.5 Å². The van der Waals surface area contributed by atoms with Crippen molar-refractivity contribution in [2.45, 2.75) is 13.3 Å². The van der Waals surface area contributed by atoms with Crippen molar-refractivity contribution in [1.29, 1.82) is 0 Å². The number of rotatable bonds is 5. The van der Waals surface area contributed by atoms with Crippen molar-refractivity contribution in [3.63, 3.8) is 0 Å². The van der Waals surface area contributed by atoms with Crippen molar-refractivity contribution >= 4 is 17.4 Å². The van der Waals surface area contributed by atoms with E-state index in [2.05, 4.69) is 30.5 Å². The molecule has 0 saturated carbocycles. The molecule has 4 aromatic rings. The first-order valence-electron chi connectivity index (χ1n) is 8.26. The number of fused-ring (bicyclic) bond motifs is 1. The van der Waals surface area contributed by atoms with Crippen LogP contribution in [0.5, 0.6) is 11.5 Å². The molecule has 0 aliphatic rings. The summed E-state index contributed by atoms with van der Waals surface area (Å²) in [6.07, 6.45) is 8.42. The van der Waals surface area contributed by atoms with Crippen molar-refractivity contribution in [2.75, 3.05) is 5.32 Å². The summed E-state index contributed by atoms with van der Waals surface area (Å²) in [6, 6.07) is 7.08. The van der Waals surface area contributed by atoms with Gasteiger partial charge in [0, 0.05) is 5.69 Å². The fourth-order valence-corrected chi connectivity index (χ4v) is 2.54. The van der Waals surface area contributed by atoms with Gasteiger partial charge in [-0.15, -0.1) is 10.2 Å². The molecule has 0 radical (unpaired) electrons. The zero-order valence-corrected chi connectivity index (χ0v) is 14.4. The molecule has 0 atom stereocenters. The number of aryl methyl sites for hydroxylation is 1. The van der Waals surface area contributed by atoms with Crippen LogP contribution in [0.1, 0.15) is 23.0 Å². The first-order chi connectivity index (χ1) is 13.2. The van der Waals surface area contributed by atoms with Gasteiger partial charge in [0.2, 0.25) is 0 Å². The number of ether oxygens (including phenoxy) is 1. The van der Waals surface area contributed by atoms with Gasteiger partial charge in [-0.2, -0.15) is 0 Å². The van der Waals surface area contributed by atoms with Gasteiger partial charge in [-0.25, -0.2) is 15.0 Å². The Labute approximate surface area is 154 Å². The first kappa shape index (κ1) is 16.6. The molecule has 9 heteroatoms. The lowest BCUT2D eigenvalue weighted by Crippen LogP contribution is -2.15. The number of hydrogen-bond donors (Lipinski definition) is 1. The number of pyridine rings is 2. The topological polar surface area (TPSA) is 107 Å². The number of amides is 1. The summed E-state index contributed by atoms with van der Waals surface area (Å²) in [4.78, 5) is 25.0. The minimum absolute atomic E-state index is 0.311. The Morgan fingerprint density at radius 2 is 2.07 bits per heavy atom. The Morgan fingerprint density at radius 1 is 1.22 bits per heavy atom. The average molecular weight is 361 g/mol. The Bertz CT molecular complexity index is 1100. The molecule has 0 fully saturated rings. The van der Waals surface area contributed by atoms with Gasteiger partial charge in [0.1, 0.15) is 24.2 Å². The number of hydrogen-bond acceptors (Lipinski definition) is 7. The highest BCUT2D eigenvalue weighted by atomic mass is 16.5. The second kappa shape index (κ2) is 7.16. The molecule has 134 valence electrons. The Hall–Kier alpha value is -3.88. The number of aromatic nitrogens is 6. The van der Waals surface area contributed by atoms with E-state index in [1.165, 1.54) is 25.0 Å². The number of nitrogens with zero attached hydrogens (tertiary/aromatic N) is 6. The maximum absolute atomic E-state index is 12.8. The van der Waals surface area contributed by atoms with E-state index in [1.807, 2.05) is 19.1 Å². The van der Waals surface area contributed by atoms with E-state index >= 15 is 0 Å². The van der Waals surface area contributed by atoms with Crippen LogP contribution in [0, 0.1) is 0 Å². The van der Waals surface area contributed by atoms with Gasteiger partial charge in [-0.3, -0.25) is 9.20 Å². The summed E-state index contributed by atoms with van der Waals surface area (Å²) in [7, 11) is 0. The fourth-order valence-electron chi connectivity index (χ4n) is 2.54. The predicted octanol–water partition coefficient (Wildman–Crippen LogP) is 2.52. The quantitative estimate of drug-likeness (QED) is 0.582. The summed E-state index contributed by atoms with van der Waals surface area (Å²) >= 11 is 0. The van der Waals surface area contributed by atoms with E-state index in [1.54, 1.807) is 22.7 Å². The minimum atomic E-state index is -0.358. The maximum atomic E-state index is 12.8. The highest BCUT2D eigenvalue weighted by Crippen LogP contribution is 2.23. The van der Waals surface area contributed by atoms with E-state index in [0.717, 1.165) is 12.1 Å². The summed E-state index contributed by atoms with van der Waals surface area (Å²) in [6.45, 7) is 2.00. The lowest BCUT2D eigenvalue weighted by Gasteiger charge is -2.10. The molecule has 0 aliphatic carbocycles. The van der Waals surface area contributed by atoms with Crippen molar-refractivity contribution in [2.24, 2.45) is 0 Å². The molecule has 4 aromatic heterocycles. The molecule has 1 amide bonds. The van der Waals surface area contributed by atoms with Gasteiger partial charge in [0.25, 0.3) is 5.91 Å². The standard InChI is InChI=1S/C18H15N7O2/c1-2-12-4-3-5-16(22-12)23-18(26)15-6-13(9-25-11-21-24-17(15)25)27-14-7-19-10-20-8-14/h3-11H,2H2,1H3,(H,22,23,26). The molecular weight excluding hydrogens is 346 g/mol. The summed E-state index contributed by atoms with van der Waals surface area (Å²) < 4.78 is 7.35. The number of carbonyl (C=O) groups is 1. The molecule has 4 heterocycles. The second-order valence-corrected chi connectivity index (χ2v) is 5.65. The monoisotopic (exact) mass is 361 g/mol. The number of anilines is 1. The van der Waals surface area contributed by atoms with Crippen LogP contribution in [0.15, 0.2) is 55.5 Å². The van der Waals surface area contributed by atoms with Crippen LogP contribution in [0.3, 0.4) is 0 Å². The van der Waals surface area contributed by atoms with Crippen LogP contribution in [0.2, 0.25) is 0 Å². The fraction of sp³-hybridized carbons (Fsp3) is 0.111. The van der Waals surface area contributed by atoms with Crippen molar-refractivity contribution in [3.8, 4) is 11.5 Å². The molecule has 9 nitrogen and oxygen atoms in total. The largest absolute Gasteiger partial charge is 0.453 e. The molecule has 0 aliphatic heterocycles. The van der Waals surface area contributed by atoms with Gasteiger partial charge >= 0.3 is 0 Å². The molecule has 0 bridgehead atoms. The van der Waals surface area contributed by atoms with Gasteiger partial charge < -0.3 is 10.1 Å². The maximum Gasteiger partial charge on any atom is 0.260 e. The Kier molecular flexibility index (Phi) is 4.40. The van der Waals surface area contributed by atoms with Gasteiger partial charge in [0.15, 0.2) is 11.4 Å². The lowest BCUT2D eigenvalue weighted by molar-refractivity contribution is 0.102. The molecule has 0 spiro atoms. The average Bonchev–Trinajstić information content (AvgIpc) is 3.17. The van der Waals surface area contributed by atoms with Crippen LogP contribution in [-0.2, 0) is 6.42 Å². The summed E-state index contributed by atoms with van der Waals surface area (Å²) in [5, 5.41) is 10.7. The SMILES string of the molecule is CCc1cccc(NC(=O)c2cc(Oc3cncnc3)cn3cnnc23)n1. The second-order valence-electron chi connectivity index (χ2n) is 5.65. The third-order valence-corrected chi connectivity index (χ3v) is 3.79. The first-order valence-corrected chi connectivity index (χ1v) is 8.26. The van der Waals surface area contributed by atoms with Crippen LogP contribution in [0.25, 0.3) is 5.65 Å². The molecule has 27 heavy (non-hydrogen) atoms. The predicted molar refractivity (Wildman–Crippen MR) is 96.7 cm³/mol. The Morgan fingerprint density at radius 3 is 2.89 bits per heavy atom. The highest BCUT2D eigenvalue weighted by Gasteiger charge is 2.16. The number of nitrogens with one attached hydrogen (secondary N) is 1. The summed E-state index contributed by atoms with van der Waals surface area (Å²) in [5.74, 6) is 0.995. The third kappa shape index (κ3) is 3.56. The van der Waals surface area contributed by atoms with E-state index in [0.29, 0.717) is 28.5 Å². The molecule has 4 rings (SSSR count). The molecule has 0 aromatic carbocycles. The van der Waals surface area contributed by atoms with Crippen LogP contribution in [0.4, 0.5) is 5.82 Å². The smallest absolute Gasteiger partial charge is 0.260 e. The normalized spacial score (nSPS) is 10.7. The van der Waals surface area contributed by atoms with Crippen molar-refractivity contribution in [3.05, 3.63) is 66.8 Å². The molecular formula is C18H15N7O2.